The van der Waals surface area contributed by atoms with Crippen molar-refractivity contribution in [3.8, 4) is 23.0 Å². The molecule has 16 heteroatoms. The third kappa shape index (κ3) is 17.2. The number of ether oxygens (including phenoxy) is 4. The van der Waals surface area contributed by atoms with Crippen LogP contribution in [0.2, 0.25) is 0 Å². The fraction of sp³-hybridized carbons (Fsp3) is 0.196. The molecule has 4 unspecified atom stereocenters. The van der Waals surface area contributed by atoms with Crippen molar-refractivity contribution < 1.29 is 18.9 Å². The molecule has 0 bridgehead atoms. The molecule has 4 aliphatic heterocycles. The van der Waals surface area contributed by atoms with E-state index in [1.54, 1.807) is 0 Å². The van der Waals surface area contributed by atoms with Gasteiger partial charge in [0.25, 0.3) is 0 Å². The van der Waals surface area contributed by atoms with Crippen molar-refractivity contribution in [3.63, 3.8) is 0 Å². The Balaban J connectivity index is 0.678. The van der Waals surface area contributed by atoms with Gasteiger partial charge in [-0.1, -0.05) is 121 Å². The van der Waals surface area contributed by atoms with E-state index < -0.39 is 0 Å². The van der Waals surface area contributed by atoms with E-state index in [2.05, 4.69) is 399 Å². The Morgan fingerprint density at radius 2 is 0.424 bits per heavy atom. The Kier molecular flexibility index (Phi) is 22.6. The Morgan fingerprint density at radius 3 is 0.602 bits per heavy atom. The van der Waals surface area contributed by atoms with E-state index in [9.17, 15) is 0 Å². The molecule has 13 aromatic rings. The number of para-hydroxylation sites is 4. The lowest BCUT2D eigenvalue weighted by Gasteiger charge is -2.24. The molecule has 0 N–H and O–H groups in total. The van der Waals surface area contributed by atoms with Crippen molar-refractivity contribution in [1.82, 2.24) is 0 Å². The minimum Gasteiger partial charge on any atom is -0.489 e. The standard InChI is InChI=1S/C102H98N12O4/c1-107(2)83-45-29-75(30-46-83)99-63-95(103-111(99)87-21-13-9-14-22-87)71-37-53-91(54-38-71)115-67-79-61-81(69-117-93-57-41-73(42-58-93)97-65-101(77-33-49-85(50-34-77)109(5)6)113(105-97)89-25-17-11-18-26-89)82(70-118-94-59-43-74(44-60-94)98-66-102(78-35-51-86(52-36-78)110(7)8)114(106-98)90-27-19-12-20-28-90)62-80(79)68-116-92-55-39-72(40-56-92)96-64-100(76-31-47-84(48-32-76)108(3)4)112(104-96)88-23-15-10-16-24-88/h9-62,99-102H,63-70H2,1-8H3. The average molecular weight is 1560 g/mol. The molecule has 590 valence electrons. The van der Waals surface area contributed by atoms with E-state index in [0.29, 0.717) is 0 Å². The quantitative estimate of drug-likeness (QED) is 0.0465. The van der Waals surface area contributed by atoms with E-state index >= 15 is 0 Å². The lowest BCUT2D eigenvalue weighted by atomic mass is 9.97. The number of hydrogen-bond acceptors (Lipinski definition) is 16. The molecule has 118 heavy (non-hydrogen) atoms. The molecular formula is C102H98N12O4. The maximum absolute atomic E-state index is 6.92. The molecule has 0 aliphatic carbocycles. The smallest absolute Gasteiger partial charge is 0.119 e. The lowest BCUT2D eigenvalue weighted by Crippen LogP contribution is -2.18. The molecule has 13 aromatic carbocycles. The van der Waals surface area contributed by atoms with Gasteiger partial charge in [-0.25, -0.2) is 0 Å². The van der Waals surface area contributed by atoms with Crippen LogP contribution >= 0.6 is 0 Å². The van der Waals surface area contributed by atoms with E-state index in [1.165, 1.54) is 22.3 Å². The summed E-state index contributed by atoms with van der Waals surface area (Å²) in [6, 6.07) is 115. The third-order valence-corrected chi connectivity index (χ3v) is 22.8. The van der Waals surface area contributed by atoms with Crippen molar-refractivity contribution in [2.24, 2.45) is 20.4 Å². The van der Waals surface area contributed by atoms with Crippen molar-refractivity contribution in [3.05, 3.63) is 394 Å². The summed E-state index contributed by atoms with van der Waals surface area (Å²) in [5, 5.41) is 29.9. The largest absolute Gasteiger partial charge is 0.489 e. The number of hydrazone groups is 4. The topological polar surface area (TPSA) is 112 Å². The molecule has 4 aliphatic rings. The predicted molar refractivity (Wildman–Crippen MR) is 484 cm³/mol. The summed E-state index contributed by atoms with van der Waals surface area (Å²) < 4.78 is 27.7. The molecule has 0 amide bonds. The van der Waals surface area contributed by atoms with Crippen molar-refractivity contribution in [1.29, 1.82) is 0 Å². The molecule has 0 radical (unpaired) electrons. The van der Waals surface area contributed by atoms with Gasteiger partial charge in [-0.15, -0.1) is 0 Å². The summed E-state index contributed by atoms with van der Waals surface area (Å²) in [6.45, 7) is 0.955. The van der Waals surface area contributed by atoms with Crippen molar-refractivity contribution >= 4 is 68.3 Å². The minimum atomic E-state index is 0.0208. The first-order chi connectivity index (χ1) is 57.7. The molecule has 17 rings (SSSR count). The summed E-state index contributed by atoms with van der Waals surface area (Å²) in [6.07, 6.45) is 2.95. The molecule has 0 saturated heterocycles. The van der Waals surface area contributed by atoms with Gasteiger partial charge in [0.2, 0.25) is 0 Å². The van der Waals surface area contributed by atoms with Gasteiger partial charge in [0, 0.05) is 105 Å². The predicted octanol–water partition coefficient (Wildman–Crippen LogP) is 21.7. The fourth-order valence-electron chi connectivity index (χ4n) is 16.0. The Hall–Kier alpha value is -13.9. The number of anilines is 8. The highest BCUT2D eigenvalue weighted by molar-refractivity contribution is 6.06. The third-order valence-electron chi connectivity index (χ3n) is 22.8. The molecule has 16 nitrogen and oxygen atoms in total. The van der Waals surface area contributed by atoms with Crippen LogP contribution in [0.25, 0.3) is 0 Å². The summed E-state index contributed by atoms with van der Waals surface area (Å²) >= 11 is 0. The second-order valence-corrected chi connectivity index (χ2v) is 31.4. The fourth-order valence-corrected chi connectivity index (χ4v) is 16.0. The molecule has 0 saturated carbocycles. The van der Waals surface area contributed by atoms with Crippen LogP contribution in [0.3, 0.4) is 0 Å². The second kappa shape index (κ2) is 34.7. The average Bonchev–Trinajstić information content (AvgIpc) is 1.62. The summed E-state index contributed by atoms with van der Waals surface area (Å²) in [7, 11) is 16.6. The molecule has 4 heterocycles. The van der Waals surface area contributed by atoms with Gasteiger partial charge in [0.15, 0.2) is 0 Å². The van der Waals surface area contributed by atoms with E-state index in [-0.39, 0.29) is 50.6 Å². The molecule has 0 spiro atoms. The summed E-state index contributed by atoms with van der Waals surface area (Å²) in [5.74, 6) is 2.89. The number of nitrogens with zero attached hydrogens (tertiary/aromatic N) is 12. The maximum atomic E-state index is 6.92. The molecule has 0 fully saturated rings. The van der Waals surface area contributed by atoms with Gasteiger partial charge in [0.05, 0.1) is 69.8 Å². The Morgan fingerprint density at radius 1 is 0.237 bits per heavy atom. The van der Waals surface area contributed by atoms with E-state index in [0.717, 1.165) is 162 Å². The second-order valence-electron chi connectivity index (χ2n) is 31.4. The maximum Gasteiger partial charge on any atom is 0.119 e. The number of rotatable bonds is 28. The van der Waals surface area contributed by atoms with Crippen LogP contribution in [0.1, 0.15) is 117 Å². The highest BCUT2D eigenvalue weighted by Gasteiger charge is 2.35. The normalized spacial score (nSPS) is 16.3. The number of benzene rings is 13. The Bertz CT molecular complexity index is 4990. The van der Waals surface area contributed by atoms with Crippen LogP contribution in [0.5, 0.6) is 23.0 Å². The van der Waals surface area contributed by atoms with Gasteiger partial charge < -0.3 is 38.5 Å². The lowest BCUT2D eigenvalue weighted by molar-refractivity contribution is 0.275. The first-order valence-electron chi connectivity index (χ1n) is 40.5. The summed E-state index contributed by atoms with van der Waals surface area (Å²) in [5.41, 5.74) is 25.5. The first kappa shape index (κ1) is 76.8. The van der Waals surface area contributed by atoms with Gasteiger partial charge in [-0.05, 0) is 273 Å². The minimum absolute atomic E-state index is 0.0208. The van der Waals surface area contributed by atoms with Crippen molar-refractivity contribution in [2.75, 3.05) is 96.0 Å². The van der Waals surface area contributed by atoms with Gasteiger partial charge in [-0.3, -0.25) is 20.0 Å². The van der Waals surface area contributed by atoms with Crippen LogP contribution in [0.15, 0.2) is 348 Å². The Labute approximate surface area is 693 Å². The van der Waals surface area contributed by atoms with Crippen LogP contribution in [-0.2, 0) is 26.4 Å². The van der Waals surface area contributed by atoms with Crippen LogP contribution in [-0.4, -0.2) is 79.2 Å². The number of hydrogen-bond donors (Lipinski definition) is 0. The van der Waals surface area contributed by atoms with Gasteiger partial charge in [-0.2, -0.15) is 20.4 Å². The first-order valence-corrected chi connectivity index (χ1v) is 40.5. The van der Waals surface area contributed by atoms with Gasteiger partial charge in [0.1, 0.15) is 49.4 Å². The highest BCUT2D eigenvalue weighted by atomic mass is 16.5. The monoisotopic (exact) mass is 1550 g/mol. The zero-order chi connectivity index (χ0) is 80.6. The molecule has 0 aromatic heterocycles. The van der Waals surface area contributed by atoms with E-state index in [4.69, 9.17) is 39.4 Å². The zero-order valence-electron chi connectivity index (χ0n) is 68.1. The van der Waals surface area contributed by atoms with Crippen LogP contribution in [0, 0.1) is 0 Å². The zero-order valence-corrected chi connectivity index (χ0v) is 68.1. The van der Waals surface area contributed by atoms with E-state index in [1.807, 2.05) is 24.3 Å². The summed E-state index contributed by atoms with van der Waals surface area (Å²) in [4.78, 5) is 8.51. The van der Waals surface area contributed by atoms with Crippen LogP contribution < -0.4 is 58.6 Å². The SMILES string of the molecule is CN(C)c1ccc(C2CC(c3ccc(OCc4cc(COc5ccc(C6=NN(c7ccccc7)C(c7ccc(N(C)C)cc7)C6)cc5)c(COc5ccc(C6=NN(c7ccccc7)C(c7ccc(N(C)C)cc7)C6)cc5)cc4COc4ccc(C5=NN(c6ccccc6)C(c6ccc(N(C)C)cc6)C5)cc4)cc3)=NN2c2ccccc2)cc1. The molecule has 4 atom stereocenters. The van der Waals surface area contributed by atoms with Gasteiger partial charge >= 0.3 is 0 Å². The van der Waals surface area contributed by atoms with Crippen LogP contribution in [0.4, 0.5) is 45.5 Å². The molecular weight excluding hydrogens is 1460 g/mol. The van der Waals surface area contributed by atoms with Crippen molar-refractivity contribution in [2.45, 2.75) is 76.3 Å². The highest BCUT2D eigenvalue weighted by Crippen LogP contribution is 2.43.